The molecule has 21 heavy (non-hydrogen) atoms. The number of anilines is 1. The fourth-order valence-corrected chi connectivity index (χ4v) is 2.09. The average Bonchev–Trinajstić information content (AvgIpc) is 2.79. The molecule has 0 atom stereocenters. The molecule has 2 N–H and O–H groups in total. The Morgan fingerprint density at radius 2 is 2.24 bits per heavy atom. The highest BCUT2D eigenvalue weighted by Gasteiger charge is 2.09. The van der Waals surface area contributed by atoms with E-state index in [0.29, 0.717) is 24.4 Å². The quantitative estimate of drug-likeness (QED) is 0.741. The first kappa shape index (κ1) is 13.2. The summed E-state index contributed by atoms with van der Waals surface area (Å²) in [4.78, 5) is 15.9. The summed E-state index contributed by atoms with van der Waals surface area (Å²) >= 11 is 0. The van der Waals surface area contributed by atoms with Crippen LogP contribution in [0.4, 0.5) is 5.69 Å². The number of aromatic nitrogens is 2. The smallest absolute Gasteiger partial charge is 0.421 e. The van der Waals surface area contributed by atoms with Crippen LogP contribution in [-0.4, -0.2) is 16.2 Å². The van der Waals surface area contributed by atoms with Crippen LogP contribution in [0.1, 0.15) is 5.56 Å². The molecular weight excluding hydrogens is 270 g/mol. The lowest BCUT2D eigenvalue weighted by atomic mass is 10.2. The maximum atomic E-state index is 11.8. The van der Waals surface area contributed by atoms with E-state index < -0.39 is 5.76 Å². The predicted molar refractivity (Wildman–Crippen MR) is 79.4 cm³/mol. The van der Waals surface area contributed by atoms with Gasteiger partial charge in [-0.25, -0.2) is 9.78 Å². The van der Waals surface area contributed by atoms with Gasteiger partial charge in [0.25, 0.3) is 0 Å². The lowest BCUT2D eigenvalue weighted by Crippen LogP contribution is -2.19. The van der Waals surface area contributed by atoms with Crippen molar-refractivity contribution in [3.05, 3.63) is 52.6 Å². The predicted octanol–water partition coefficient (Wildman–Crippen LogP) is 1.96. The van der Waals surface area contributed by atoms with Gasteiger partial charge >= 0.3 is 5.76 Å². The molecule has 0 saturated heterocycles. The molecule has 2 aromatic heterocycles. The molecule has 0 aliphatic carbocycles. The van der Waals surface area contributed by atoms with Gasteiger partial charge in [-0.3, -0.25) is 4.57 Å². The van der Waals surface area contributed by atoms with Crippen molar-refractivity contribution in [2.75, 3.05) is 12.3 Å². The van der Waals surface area contributed by atoms with Crippen LogP contribution in [0.15, 0.2) is 45.7 Å². The summed E-state index contributed by atoms with van der Waals surface area (Å²) in [7, 11) is 0. The van der Waals surface area contributed by atoms with Gasteiger partial charge in [0.2, 0.25) is 0 Å². The Hall–Kier alpha value is -2.76. The number of nitrogen functional groups attached to an aromatic ring is 1. The van der Waals surface area contributed by atoms with Crippen molar-refractivity contribution >= 4 is 16.9 Å². The Bertz CT molecular complexity index is 836. The Balaban J connectivity index is 1.73. The van der Waals surface area contributed by atoms with Crippen LogP contribution in [0.5, 0.6) is 5.75 Å². The molecule has 0 aliphatic heterocycles. The molecule has 0 aliphatic rings. The molecule has 6 nitrogen and oxygen atoms in total. The molecule has 0 fully saturated rings. The molecule has 0 unspecified atom stereocenters. The Kier molecular flexibility index (Phi) is 3.35. The van der Waals surface area contributed by atoms with Crippen LogP contribution in [0.3, 0.4) is 0 Å². The number of hydrogen-bond acceptors (Lipinski definition) is 5. The van der Waals surface area contributed by atoms with Crippen LogP contribution in [0, 0.1) is 6.92 Å². The van der Waals surface area contributed by atoms with Crippen LogP contribution in [0.2, 0.25) is 0 Å². The zero-order valence-corrected chi connectivity index (χ0v) is 11.6. The molecule has 0 radical (unpaired) electrons. The van der Waals surface area contributed by atoms with Gasteiger partial charge < -0.3 is 14.9 Å². The van der Waals surface area contributed by atoms with Crippen molar-refractivity contribution in [3.63, 3.8) is 0 Å². The second-order valence-electron chi connectivity index (χ2n) is 4.71. The zero-order chi connectivity index (χ0) is 14.8. The van der Waals surface area contributed by atoms with Crippen molar-refractivity contribution in [3.8, 4) is 5.75 Å². The number of hydrogen-bond donors (Lipinski definition) is 1. The van der Waals surface area contributed by atoms with Crippen LogP contribution in [0.25, 0.3) is 11.2 Å². The van der Waals surface area contributed by atoms with E-state index in [0.717, 1.165) is 17.0 Å². The van der Waals surface area contributed by atoms with E-state index in [1.54, 1.807) is 30.5 Å². The fraction of sp³-hybridized carbons (Fsp3) is 0.200. The topological polar surface area (TPSA) is 83.3 Å². The molecule has 2 heterocycles. The summed E-state index contributed by atoms with van der Waals surface area (Å²) in [6, 6.07) is 8.90. The first-order chi connectivity index (χ1) is 10.1. The number of aryl methyl sites for hydroxylation is 1. The maximum absolute atomic E-state index is 11.8. The number of benzene rings is 1. The summed E-state index contributed by atoms with van der Waals surface area (Å²) in [6.45, 7) is 2.63. The van der Waals surface area contributed by atoms with Crippen LogP contribution < -0.4 is 16.2 Å². The third-order valence-corrected chi connectivity index (χ3v) is 3.25. The van der Waals surface area contributed by atoms with Gasteiger partial charge in [0.05, 0.1) is 6.54 Å². The Morgan fingerprint density at radius 1 is 1.38 bits per heavy atom. The lowest BCUT2D eigenvalue weighted by molar-refractivity contribution is 0.294. The van der Waals surface area contributed by atoms with E-state index in [9.17, 15) is 4.79 Å². The normalized spacial score (nSPS) is 10.9. The molecule has 0 amide bonds. The molecule has 1 aromatic carbocycles. The van der Waals surface area contributed by atoms with Gasteiger partial charge in [0.15, 0.2) is 11.2 Å². The van der Waals surface area contributed by atoms with Gasteiger partial charge in [-0.15, -0.1) is 0 Å². The monoisotopic (exact) mass is 285 g/mol. The number of oxazole rings is 1. The minimum absolute atomic E-state index is 0.342. The van der Waals surface area contributed by atoms with Gasteiger partial charge in [-0.05, 0) is 42.8 Å². The van der Waals surface area contributed by atoms with Gasteiger partial charge in [-0.1, -0.05) is 0 Å². The summed E-state index contributed by atoms with van der Waals surface area (Å²) in [6.07, 6.45) is 1.62. The molecular formula is C15H15N3O3. The molecule has 0 bridgehead atoms. The third-order valence-electron chi connectivity index (χ3n) is 3.25. The molecule has 108 valence electrons. The van der Waals surface area contributed by atoms with Crippen LogP contribution >= 0.6 is 0 Å². The van der Waals surface area contributed by atoms with E-state index in [1.807, 2.05) is 13.0 Å². The Morgan fingerprint density at radius 3 is 3.05 bits per heavy atom. The highest BCUT2D eigenvalue weighted by Crippen LogP contribution is 2.18. The average molecular weight is 285 g/mol. The number of rotatable bonds is 4. The first-order valence-electron chi connectivity index (χ1n) is 6.58. The number of ether oxygens (including phenoxy) is 1. The van der Waals surface area contributed by atoms with Gasteiger partial charge in [-0.2, -0.15) is 0 Å². The van der Waals surface area contributed by atoms with E-state index in [-0.39, 0.29) is 0 Å². The SMILES string of the molecule is Cc1cc(OCCn2c(=O)oc3cccnc32)ccc1N. The number of pyridine rings is 1. The zero-order valence-electron chi connectivity index (χ0n) is 11.6. The van der Waals surface area contributed by atoms with E-state index >= 15 is 0 Å². The Labute approximate surface area is 120 Å². The largest absolute Gasteiger partial charge is 0.492 e. The molecule has 0 spiro atoms. The van der Waals surface area contributed by atoms with E-state index in [1.165, 1.54) is 4.57 Å². The van der Waals surface area contributed by atoms with E-state index in [2.05, 4.69) is 4.98 Å². The lowest BCUT2D eigenvalue weighted by Gasteiger charge is -2.08. The highest BCUT2D eigenvalue weighted by atomic mass is 16.5. The third kappa shape index (κ3) is 2.60. The number of nitrogens with zero attached hydrogens (tertiary/aromatic N) is 2. The standard InChI is InChI=1S/C15H15N3O3/c1-10-9-11(4-5-12(10)16)20-8-7-18-14-13(21-15(18)19)3-2-6-17-14/h2-6,9H,7-8,16H2,1H3. The minimum Gasteiger partial charge on any atom is -0.492 e. The molecule has 3 rings (SSSR count). The van der Waals surface area contributed by atoms with Crippen molar-refractivity contribution in [2.24, 2.45) is 0 Å². The van der Waals surface area contributed by atoms with Crippen LogP contribution in [-0.2, 0) is 6.54 Å². The van der Waals surface area contributed by atoms with Crippen molar-refractivity contribution in [1.82, 2.24) is 9.55 Å². The minimum atomic E-state index is -0.430. The second-order valence-corrected chi connectivity index (χ2v) is 4.71. The molecule has 6 heteroatoms. The first-order valence-corrected chi connectivity index (χ1v) is 6.58. The molecule has 3 aromatic rings. The highest BCUT2D eigenvalue weighted by molar-refractivity contribution is 5.67. The summed E-state index contributed by atoms with van der Waals surface area (Å²) < 4.78 is 12.2. The maximum Gasteiger partial charge on any atom is 0.421 e. The van der Waals surface area contributed by atoms with Crippen molar-refractivity contribution in [1.29, 1.82) is 0 Å². The number of fused-ring (bicyclic) bond motifs is 1. The van der Waals surface area contributed by atoms with Crippen molar-refractivity contribution in [2.45, 2.75) is 13.5 Å². The summed E-state index contributed by atoms with van der Waals surface area (Å²) in [5.41, 5.74) is 8.44. The molecule has 0 saturated carbocycles. The summed E-state index contributed by atoms with van der Waals surface area (Å²) in [5, 5.41) is 0. The second kappa shape index (κ2) is 5.32. The summed E-state index contributed by atoms with van der Waals surface area (Å²) in [5.74, 6) is 0.288. The van der Waals surface area contributed by atoms with Crippen molar-refractivity contribution < 1.29 is 9.15 Å². The van der Waals surface area contributed by atoms with E-state index in [4.69, 9.17) is 14.9 Å². The number of nitrogens with two attached hydrogens (primary N) is 1. The van der Waals surface area contributed by atoms with Gasteiger partial charge in [0.1, 0.15) is 12.4 Å². The van der Waals surface area contributed by atoms with Gasteiger partial charge in [0, 0.05) is 11.9 Å². The fourth-order valence-electron chi connectivity index (χ4n) is 2.09.